The lowest BCUT2D eigenvalue weighted by Gasteiger charge is -2.40. The van der Waals surface area contributed by atoms with Crippen molar-refractivity contribution in [2.45, 2.75) is 24.9 Å². The number of urea groups is 1. The number of piperidine rings is 1. The average molecular weight is 316 g/mol. The molecule has 1 aliphatic heterocycles. The van der Waals surface area contributed by atoms with E-state index in [2.05, 4.69) is 0 Å². The summed E-state index contributed by atoms with van der Waals surface area (Å²) in [5.74, 6) is 0.0856. The standard InChI is InChI=1S/C14H19Cl2N3O/c1-18(2)14(20)19-7-3-4-10(13(19)17)9-5-6-11(15)12(16)8-9/h5-6,8,10,13H,3-4,7,17H2,1-2H3. The average Bonchev–Trinajstić information content (AvgIpc) is 2.41. The van der Waals surface area contributed by atoms with Crippen LogP contribution in [0.5, 0.6) is 0 Å². The third kappa shape index (κ3) is 3.03. The Kier molecular flexibility index (Phi) is 4.78. The van der Waals surface area contributed by atoms with Gasteiger partial charge in [0.05, 0.1) is 16.2 Å². The van der Waals surface area contributed by atoms with E-state index in [1.165, 1.54) is 0 Å². The van der Waals surface area contributed by atoms with Gasteiger partial charge in [-0.3, -0.25) is 0 Å². The van der Waals surface area contributed by atoms with Gasteiger partial charge in [0.15, 0.2) is 0 Å². The van der Waals surface area contributed by atoms with E-state index in [-0.39, 0.29) is 18.1 Å². The van der Waals surface area contributed by atoms with E-state index in [4.69, 9.17) is 28.9 Å². The highest BCUT2D eigenvalue weighted by atomic mass is 35.5. The van der Waals surface area contributed by atoms with Gasteiger partial charge >= 0.3 is 6.03 Å². The Morgan fingerprint density at radius 3 is 2.65 bits per heavy atom. The third-order valence-electron chi connectivity index (χ3n) is 3.69. The van der Waals surface area contributed by atoms with Crippen molar-refractivity contribution >= 4 is 29.2 Å². The van der Waals surface area contributed by atoms with Crippen molar-refractivity contribution in [3.63, 3.8) is 0 Å². The summed E-state index contributed by atoms with van der Waals surface area (Å²) in [7, 11) is 3.47. The lowest BCUT2D eigenvalue weighted by molar-refractivity contribution is 0.120. The van der Waals surface area contributed by atoms with E-state index >= 15 is 0 Å². The molecule has 110 valence electrons. The predicted octanol–water partition coefficient (Wildman–Crippen LogP) is 3.14. The molecule has 6 heteroatoms. The van der Waals surface area contributed by atoms with Crippen LogP contribution in [0.4, 0.5) is 4.79 Å². The number of hydrogen-bond acceptors (Lipinski definition) is 2. The molecule has 1 fully saturated rings. The third-order valence-corrected chi connectivity index (χ3v) is 4.43. The second kappa shape index (κ2) is 6.20. The van der Waals surface area contributed by atoms with E-state index in [0.717, 1.165) is 18.4 Å². The summed E-state index contributed by atoms with van der Waals surface area (Å²) in [5, 5.41) is 1.05. The molecule has 0 spiro atoms. The number of benzene rings is 1. The molecule has 0 saturated carbocycles. The number of amides is 2. The number of nitrogens with two attached hydrogens (primary N) is 1. The first-order valence-electron chi connectivity index (χ1n) is 6.60. The normalized spacial score (nSPS) is 22.8. The maximum absolute atomic E-state index is 12.1. The largest absolute Gasteiger partial charge is 0.331 e. The fraction of sp³-hybridized carbons (Fsp3) is 0.500. The highest BCUT2D eigenvalue weighted by molar-refractivity contribution is 6.42. The fourth-order valence-electron chi connectivity index (χ4n) is 2.61. The minimum Gasteiger partial charge on any atom is -0.331 e. The Balaban J connectivity index is 2.23. The molecule has 0 aliphatic carbocycles. The van der Waals surface area contributed by atoms with Gasteiger partial charge < -0.3 is 15.5 Å². The number of rotatable bonds is 1. The van der Waals surface area contributed by atoms with E-state index in [1.807, 2.05) is 12.1 Å². The first-order chi connectivity index (χ1) is 9.41. The van der Waals surface area contributed by atoms with Crippen LogP contribution in [-0.4, -0.2) is 42.6 Å². The number of nitrogens with zero attached hydrogens (tertiary/aromatic N) is 2. The van der Waals surface area contributed by atoms with Gasteiger partial charge in [0, 0.05) is 26.6 Å². The molecule has 2 atom stereocenters. The Labute approximate surface area is 129 Å². The van der Waals surface area contributed by atoms with E-state index < -0.39 is 0 Å². The van der Waals surface area contributed by atoms with Gasteiger partial charge in [-0.2, -0.15) is 0 Å². The lowest BCUT2D eigenvalue weighted by atomic mass is 9.88. The van der Waals surface area contributed by atoms with Crippen LogP contribution in [0.15, 0.2) is 18.2 Å². The Morgan fingerprint density at radius 1 is 1.35 bits per heavy atom. The first kappa shape index (κ1) is 15.4. The van der Waals surface area contributed by atoms with E-state index in [0.29, 0.717) is 16.6 Å². The molecular formula is C14H19Cl2N3O. The zero-order valence-corrected chi connectivity index (χ0v) is 13.2. The molecule has 1 aromatic carbocycles. The van der Waals surface area contributed by atoms with E-state index in [1.54, 1.807) is 30.0 Å². The Morgan fingerprint density at radius 2 is 2.05 bits per heavy atom. The molecule has 1 saturated heterocycles. The predicted molar refractivity (Wildman–Crippen MR) is 82.2 cm³/mol. The molecular weight excluding hydrogens is 297 g/mol. The van der Waals surface area contributed by atoms with E-state index in [9.17, 15) is 4.79 Å². The minimum absolute atomic E-state index is 0.0535. The maximum Gasteiger partial charge on any atom is 0.320 e. The van der Waals surface area contributed by atoms with Crippen LogP contribution in [0.2, 0.25) is 10.0 Å². The van der Waals surface area contributed by atoms with Crippen molar-refractivity contribution in [1.82, 2.24) is 9.80 Å². The van der Waals surface area contributed by atoms with Crippen LogP contribution >= 0.6 is 23.2 Å². The maximum atomic E-state index is 12.1. The summed E-state index contributed by atoms with van der Waals surface area (Å²) in [4.78, 5) is 15.4. The van der Waals surface area contributed by atoms with Gasteiger partial charge in [0.1, 0.15) is 0 Å². The van der Waals surface area contributed by atoms with Crippen LogP contribution in [0.3, 0.4) is 0 Å². The molecule has 0 bridgehead atoms. The molecule has 2 unspecified atom stereocenters. The highest BCUT2D eigenvalue weighted by Crippen LogP contribution is 2.33. The van der Waals surface area contributed by atoms with Gasteiger partial charge in [-0.1, -0.05) is 29.3 Å². The smallest absolute Gasteiger partial charge is 0.320 e. The van der Waals surface area contributed by atoms with Gasteiger partial charge in [-0.05, 0) is 30.5 Å². The molecule has 4 nitrogen and oxygen atoms in total. The van der Waals surface area contributed by atoms with Gasteiger partial charge in [0.25, 0.3) is 0 Å². The molecule has 2 rings (SSSR count). The first-order valence-corrected chi connectivity index (χ1v) is 7.36. The molecule has 0 aromatic heterocycles. The second-order valence-corrected chi connectivity index (χ2v) is 6.10. The van der Waals surface area contributed by atoms with Gasteiger partial charge in [-0.25, -0.2) is 4.79 Å². The SMILES string of the molecule is CN(C)C(=O)N1CCCC(c2ccc(Cl)c(Cl)c2)C1N. The number of hydrogen-bond donors (Lipinski definition) is 1. The molecule has 0 radical (unpaired) electrons. The van der Waals surface area contributed by atoms with Crippen LogP contribution in [0.1, 0.15) is 24.3 Å². The van der Waals surface area contributed by atoms with Crippen molar-refractivity contribution < 1.29 is 4.79 Å². The zero-order valence-electron chi connectivity index (χ0n) is 11.6. The molecule has 2 amide bonds. The highest BCUT2D eigenvalue weighted by Gasteiger charge is 2.33. The van der Waals surface area contributed by atoms with Crippen molar-refractivity contribution in [2.24, 2.45) is 5.73 Å². The second-order valence-electron chi connectivity index (χ2n) is 5.28. The molecule has 1 aliphatic rings. The summed E-state index contributed by atoms with van der Waals surface area (Å²) >= 11 is 12.0. The number of carbonyl (C=O) groups is 1. The molecule has 2 N–H and O–H groups in total. The van der Waals surface area contributed by atoms with Crippen molar-refractivity contribution in [3.05, 3.63) is 33.8 Å². The topological polar surface area (TPSA) is 49.6 Å². The summed E-state index contributed by atoms with van der Waals surface area (Å²) in [6.07, 6.45) is 1.53. The Hall–Kier alpha value is -0.970. The van der Waals surface area contributed by atoms with Crippen LogP contribution in [0, 0.1) is 0 Å². The Bertz CT molecular complexity index is 507. The summed E-state index contributed by atoms with van der Waals surface area (Å²) in [6, 6.07) is 5.50. The lowest BCUT2D eigenvalue weighted by Crippen LogP contribution is -2.55. The molecule has 1 aromatic rings. The van der Waals surface area contributed by atoms with Crippen LogP contribution in [-0.2, 0) is 0 Å². The summed E-state index contributed by atoms with van der Waals surface area (Å²) in [6.45, 7) is 0.690. The quantitative estimate of drug-likeness (QED) is 0.865. The van der Waals surface area contributed by atoms with Crippen molar-refractivity contribution in [2.75, 3.05) is 20.6 Å². The summed E-state index contributed by atoms with van der Waals surface area (Å²) in [5.41, 5.74) is 7.32. The fourth-order valence-corrected chi connectivity index (χ4v) is 2.91. The van der Waals surface area contributed by atoms with Crippen molar-refractivity contribution in [3.8, 4) is 0 Å². The van der Waals surface area contributed by atoms with Crippen LogP contribution in [0.25, 0.3) is 0 Å². The minimum atomic E-state index is -0.337. The molecule has 20 heavy (non-hydrogen) atoms. The zero-order chi connectivity index (χ0) is 14.9. The summed E-state index contributed by atoms with van der Waals surface area (Å²) < 4.78 is 0. The van der Waals surface area contributed by atoms with Crippen molar-refractivity contribution in [1.29, 1.82) is 0 Å². The number of carbonyl (C=O) groups excluding carboxylic acids is 1. The number of halogens is 2. The molecule has 1 heterocycles. The van der Waals surface area contributed by atoms with Crippen LogP contribution < -0.4 is 5.73 Å². The van der Waals surface area contributed by atoms with Gasteiger partial charge in [0.2, 0.25) is 0 Å². The monoisotopic (exact) mass is 315 g/mol. The van der Waals surface area contributed by atoms with Gasteiger partial charge in [-0.15, -0.1) is 0 Å². The number of likely N-dealkylation sites (tertiary alicyclic amines) is 1.